The van der Waals surface area contributed by atoms with Gasteiger partial charge in [-0.3, -0.25) is 4.79 Å². The highest BCUT2D eigenvalue weighted by Crippen LogP contribution is 2.43. The Morgan fingerprint density at radius 1 is 1.13 bits per heavy atom. The number of aromatic carboxylic acids is 1. The highest BCUT2D eigenvalue weighted by Gasteiger charge is 2.49. The number of carboxylic acid groups (broad SMARTS) is 1. The molecule has 1 N–H and O–H groups in total. The zero-order valence-corrected chi connectivity index (χ0v) is 17.0. The van der Waals surface area contributed by atoms with Crippen LogP contribution in [-0.2, 0) is 11.2 Å². The zero-order valence-electron chi connectivity index (χ0n) is 17.0. The molecule has 1 aromatic heterocycles. The van der Waals surface area contributed by atoms with E-state index >= 15 is 0 Å². The molecule has 4 atom stereocenters. The Hall–Kier alpha value is -2.89. The molecule has 0 radical (unpaired) electrons. The van der Waals surface area contributed by atoms with Gasteiger partial charge in [-0.25, -0.2) is 9.78 Å². The lowest BCUT2D eigenvalue weighted by atomic mass is 9.70. The molecule has 156 valence electrons. The maximum atomic E-state index is 13.0. The van der Waals surface area contributed by atoms with E-state index in [1.54, 1.807) is 12.3 Å². The van der Waals surface area contributed by atoms with Crippen LogP contribution in [0.25, 0.3) is 0 Å². The predicted octanol–water partition coefficient (Wildman–Crippen LogP) is 3.23. The zero-order chi connectivity index (χ0) is 20.7. The molecule has 3 saturated heterocycles. The average Bonchev–Trinajstić information content (AvgIpc) is 2.77. The molecule has 3 aliphatic rings. The van der Waals surface area contributed by atoms with Crippen LogP contribution in [-0.4, -0.2) is 52.0 Å². The van der Waals surface area contributed by atoms with Crippen molar-refractivity contribution in [1.82, 2.24) is 9.88 Å². The molecule has 0 spiro atoms. The van der Waals surface area contributed by atoms with E-state index in [9.17, 15) is 14.7 Å². The smallest absolute Gasteiger partial charge is 0.354 e. The Morgan fingerprint density at radius 3 is 2.73 bits per heavy atom. The summed E-state index contributed by atoms with van der Waals surface area (Å²) >= 11 is 0. The summed E-state index contributed by atoms with van der Waals surface area (Å²) in [6, 6.07) is 14.5. The van der Waals surface area contributed by atoms with E-state index in [1.807, 2.05) is 12.1 Å². The molecule has 2 aromatic rings. The number of carbonyl (C=O) groups excluding carboxylic acids is 1. The van der Waals surface area contributed by atoms with Crippen molar-refractivity contribution in [3.05, 3.63) is 59.9 Å². The van der Waals surface area contributed by atoms with Gasteiger partial charge < -0.3 is 14.9 Å². The van der Waals surface area contributed by atoms with Crippen molar-refractivity contribution in [1.29, 1.82) is 0 Å². The van der Waals surface area contributed by atoms with Gasteiger partial charge in [0.2, 0.25) is 5.91 Å². The average molecular weight is 405 g/mol. The topological polar surface area (TPSA) is 73.7 Å². The number of aromatic nitrogens is 1. The third-order valence-electron chi connectivity index (χ3n) is 7.11. The monoisotopic (exact) mass is 405 g/mol. The van der Waals surface area contributed by atoms with Gasteiger partial charge in [-0.05, 0) is 55.2 Å². The fourth-order valence-corrected chi connectivity index (χ4v) is 5.84. The number of hydrogen-bond donors (Lipinski definition) is 1. The summed E-state index contributed by atoms with van der Waals surface area (Å²) in [5, 5.41) is 9.33. The van der Waals surface area contributed by atoms with Gasteiger partial charge >= 0.3 is 5.97 Å². The number of carbonyl (C=O) groups is 2. The number of piperidine rings is 3. The van der Waals surface area contributed by atoms with Crippen LogP contribution in [0.3, 0.4) is 0 Å². The van der Waals surface area contributed by atoms with E-state index in [0.717, 1.165) is 44.5 Å². The number of benzene rings is 1. The molecule has 3 aliphatic heterocycles. The van der Waals surface area contributed by atoms with Gasteiger partial charge in [0, 0.05) is 43.5 Å². The van der Waals surface area contributed by atoms with Crippen molar-refractivity contribution in [3.8, 4) is 0 Å². The normalized spacial score (nSPS) is 28.2. The number of hydrogen-bond acceptors (Lipinski definition) is 4. The number of anilines is 1. The van der Waals surface area contributed by atoms with Crippen LogP contribution < -0.4 is 4.90 Å². The van der Waals surface area contributed by atoms with Crippen LogP contribution in [0.5, 0.6) is 0 Å². The van der Waals surface area contributed by atoms with Gasteiger partial charge in [0.15, 0.2) is 0 Å². The molecular formula is C24H27N3O3. The standard InChI is InChI=1S/C24H27N3O3/c28-23-8-4-7-21-17-12-18(22(27(21)23)11-16-5-2-1-3-6-16)15-26(14-17)19-9-10-25-20(13-19)24(29)30/h1-3,5-6,9-10,13,17-18,21-22H,4,7-8,11-12,14-15H2,(H,29,30)/t17-,18+,21+,22+/m1/s1. The van der Waals surface area contributed by atoms with E-state index in [4.69, 9.17) is 0 Å². The first-order valence-electron chi connectivity index (χ1n) is 10.9. The van der Waals surface area contributed by atoms with E-state index in [1.165, 1.54) is 5.56 Å². The second kappa shape index (κ2) is 7.74. The third-order valence-corrected chi connectivity index (χ3v) is 7.11. The molecule has 1 amide bonds. The van der Waals surface area contributed by atoms with Gasteiger partial charge in [0.05, 0.1) is 0 Å². The molecule has 0 saturated carbocycles. The minimum Gasteiger partial charge on any atom is -0.477 e. The molecule has 2 bridgehead atoms. The first-order valence-corrected chi connectivity index (χ1v) is 10.9. The lowest BCUT2D eigenvalue weighted by molar-refractivity contribution is -0.148. The van der Waals surface area contributed by atoms with Gasteiger partial charge in [-0.15, -0.1) is 0 Å². The van der Waals surface area contributed by atoms with Crippen LogP contribution >= 0.6 is 0 Å². The minimum absolute atomic E-state index is 0.0820. The Balaban J connectivity index is 1.46. The van der Waals surface area contributed by atoms with Gasteiger partial charge in [0.25, 0.3) is 0 Å². The molecule has 1 aromatic carbocycles. The summed E-state index contributed by atoms with van der Waals surface area (Å²) < 4.78 is 0. The van der Waals surface area contributed by atoms with Crippen molar-refractivity contribution in [2.45, 2.75) is 44.2 Å². The second-order valence-corrected chi connectivity index (χ2v) is 8.88. The molecule has 6 heteroatoms. The summed E-state index contributed by atoms with van der Waals surface area (Å²) in [6.45, 7) is 1.71. The molecule has 4 heterocycles. The van der Waals surface area contributed by atoms with Crippen molar-refractivity contribution in [2.75, 3.05) is 18.0 Å². The second-order valence-electron chi connectivity index (χ2n) is 8.88. The lowest BCUT2D eigenvalue weighted by Crippen LogP contribution is -2.65. The third kappa shape index (κ3) is 3.44. The number of rotatable bonds is 4. The molecule has 0 unspecified atom stereocenters. The van der Waals surface area contributed by atoms with E-state index < -0.39 is 5.97 Å². The number of amides is 1. The van der Waals surface area contributed by atoms with E-state index in [0.29, 0.717) is 30.2 Å². The van der Waals surface area contributed by atoms with E-state index in [-0.39, 0.29) is 11.7 Å². The van der Waals surface area contributed by atoms with Gasteiger partial charge in [-0.1, -0.05) is 30.3 Å². The van der Waals surface area contributed by atoms with Crippen molar-refractivity contribution < 1.29 is 14.7 Å². The first-order chi connectivity index (χ1) is 14.6. The number of nitrogens with zero attached hydrogens (tertiary/aromatic N) is 3. The maximum Gasteiger partial charge on any atom is 0.354 e. The van der Waals surface area contributed by atoms with Crippen LogP contribution in [0, 0.1) is 11.8 Å². The Labute approximate surface area is 176 Å². The number of fused-ring (bicyclic) bond motifs is 4. The van der Waals surface area contributed by atoms with E-state index in [2.05, 4.69) is 39.0 Å². The highest BCUT2D eigenvalue weighted by atomic mass is 16.4. The number of pyridine rings is 1. The molecule has 5 rings (SSSR count). The predicted molar refractivity (Wildman–Crippen MR) is 113 cm³/mol. The molecule has 6 nitrogen and oxygen atoms in total. The number of carboxylic acids is 1. The van der Waals surface area contributed by atoms with Crippen LogP contribution in [0.1, 0.15) is 41.7 Å². The Kier molecular flexibility index (Phi) is 4.93. The Morgan fingerprint density at radius 2 is 1.93 bits per heavy atom. The summed E-state index contributed by atoms with van der Waals surface area (Å²) in [7, 11) is 0. The van der Waals surface area contributed by atoms with Crippen LogP contribution in [0.15, 0.2) is 48.7 Å². The summed E-state index contributed by atoms with van der Waals surface area (Å²) in [6.07, 6.45) is 6.30. The van der Waals surface area contributed by atoms with Gasteiger partial charge in [-0.2, -0.15) is 0 Å². The van der Waals surface area contributed by atoms with Crippen molar-refractivity contribution >= 4 is 17.6 Å². The summed E-state index contributed by atoms with van der Waals surface area (Å²) in [5.74, 6) is 0.123. The summed E-state index contributed by atoms with van der Waals surface area (Å²) in [5.41, 5.74) is 2.27. The maximum absolute atomic E-state index is 13.0. The summed E-state index contributed by atoms with van der Waals surface area (Å²) in [4.78, 5) is 32.9. The SMILES string of the molecule is O=C(O)c1cc(N2C[C@H]3C[C@@H](C2)[C@H](Cc2ccccc2)N2C(=O)CCC[C@@H]32)ccn1. The largest absolute Gasteiger partial charge is 0.477 e. The molecule has 30 heavy (non-hydrogen) atoms. The van der Waals surface area contributed by atoms with Gasteiger partial charge in [0.1, 0.15) is 5.69 Å². The molecule has 3 fully saturated rings. The fourth-order valence-electron chi connectivity index (χ4n) is 5.84. The minimum atomic E-state index is -1.000. The van der Waals surface area contributed by atoms with Crippen LogP contribution in [0.2, 0.25) is 0 Å². The highest BCUT2D eigenvalue weighted by molar-refractivity contribution is 5.86. The van der Waals surface area contributed by atoms with Crippen LogP contribution in [0.4, 0.5) is 5.69 Å². The Bertz CT molecular complexity index is 948. The molecular weight excluding hydrogens is 378 g/mol. The fraction of sp³-hybridized carbons (Fsp3) is 0.458. The molecule has 0 aliphatic carbocycles. The first kappa shape index (κ1) is 19.1. The lowest BCUT2D eigenvalue weighted by Gasteiger charge is -2.57. The van der Waals surface area contributed by atoms with Crippen molar-refractivity contribution in [3.63, 3.8) is 0 Å². The quantitative estimate of drug-likeness (QED) is 0.845. The van der Waals surface area contributed by atoms with Crippen molar-refractivity contribution in [2.24, 2.45) is 11.8 Å².